The van der Waals surface area contributed by atoms with Crippen molar-refractivity contribution in [1.29, 1.82) is 0 Å². The van der Waals surface area contributed by atoms with Crippen molar-refractivity contribution in [2.45, 2.75) is 13.8 Å². The van der Waals surface area contributed by atoms with Crippen LogP contribution in [0.15, 0.2) is 24.3 Å². The summed E-state index contributed by atoms with van der Waals surface area (Å²) in [7, 11) is 1.78. The van der Waals surface area contributed by atoms with Gasteiger partial charge in [0.05, 0.1) is 4.88 Å². The third-order valence-corrected chi connectivity index (χ3v) is 3.79. The Bertz CT molecular complexity index is 576. The molecule has 96 valence electrons. The lowest BCUT2D eigenvalue weighted by Gasteiger charge is -2.18. The quantitative estimate of drug-likeness (QED) is 0.827. The zero-order valence-corrected chi connectivity index (χ0v) is 11.6. The summed E-state index contributed by atoms with van der Waals surface area (Å²) in [6.45, 7) is 4.83. The molecule has 18 heavy (non-hydrogen) atoms. The van der Waals surface area contributed by atoms with Crippen LogP contribution in [-0.2, 0) is 0 Å². The topological polar surface area (TPSA) is 20.3 Å². The highest BCUT2D eigenvalue weighted by Gasteiger charge is 2.16. The van der Waals surface area contributed by atoms with Crippen LogP contribution >= 0.6 is 11.3 Å². The van der Waals surface area contributed by atoms with E-state index in [0.29, 0.717) is 22.7 Å². The first-order valence-electron chi connectivity index (χ1n) is 5.92. The molecular weight excluding hydrogens is 249 g/mol. The zero-order valence-electron chi connectivity index (χ0n) is 10.7. The molecule has 1 heterocycles. The van der Waals surface area contributed by atoms with Gasteiger partial charge in [-0.25, -0.2) is 4.39 Å². The lowest BCUT2D eigenvalue weighted by molar-refractivity contribution is 0.0784. The molecule has 2 rings (SSSR count). The number of carbonyl (C=O) groups excluding carboxylic acids is 1. The summed E-state index contributed by atoms with van der Waals surface area (Å²) in [6.07, 6.45) is 0. The summed E-state index contributed by atoms with van der Waals surface area (Å²) >= 11 is 1.34. The van der Waals surface area contributed by atoms with Crippen molar-refractivity contribution in [3.63, 3.8) is 0 Å². The van der Waals surface area contributed by atoms with E-state index in [-0.39, 0.29) is 11.7 Å². The average molecular weight is 265 g/mol. The maximum Gasteiger partial charge on any atom is 0.263 e. The Morgan fingerprint density at radius 1 is 1.44 bits per heavy atom. The molecule has 1 aromatic carbocycles. The molecule has 0 aliphatic carbocycles. The van der Waals surface area contributed by atoms with Crippen molar-refractivity contribution in [1.82, 2.24) is 4.90 Å². The third-order valence-electron chi connectivity index (χ3n) is 2.70. The molecule has 2 aromatic rings. The van der Waals surface area contributed by atoms with Crippen LogP contribution in [0.2, 0.25) is 0 Å². The van der Waals surface area contributed by atoms with Gasteiger partial charge < -0.3 is 4.90 Å². The summed E-state index contributed by atoms with van der Waals surface area (Å²) in [6, 6.07) is 6.57. The first kappa shape index (κ1) is 13.0. The molecule has 1 amide bonds. The van der Waals surface area contributed by atoms with Crippen molar-refractivity contribution in [2.24, 2.45) is 5.92 Å². The number of benzene rings is 1. The van der Waals surface area contributed by atoms with Crippen molar-refractivity contribution >= 4 is 27.3 Å². The Hall–Kier alpha value is -1.42. The minimum absolute atomic E-state index is 0.0377. The van der Waals surface area contributed by atoms with Gasteiger partial charge in [0.2, 0.25) is 0 Å². The molecule has 0 spiro atoms. The maximum absolute atomic E-state index is 13.6. The summed E-state index contributed by atoms with van der Waals surface area (Å²) in [5.74, 6) is 0.115. The largest absolute Gasteiger partial charge is 0.341 e. The molecule has 0 bridgehead atoms. The van der Waals surface area contributed by atoms with E-state index in [2.05, 4.69) is 13.8 Å². The monoisotopic (exact) mass is 265 g/mol. The van der Waals surface area contributed by atoms with Gasteiger partial charge in [-0.1, -0.05) is 19.9 Å². The lowest BCUT2D eigenvalue weighted by atomic mass is 10.2. The van der Waals surface area contributed by atoms with Gasteiger partial charge in [0.1, 0.15) is 5.82 Å². The number of amides is 1. The van der Waals surface area contributed by atoms with Gasteiger partial charge in [-0.3, -0.25) is 4.79 Å². The first-order chi connectivity index (χ1) is 8.49. The highest BCUT2D eigenvalue weighted by atomic mass is 32.1. The van der Waals surface area contributed by atoms with Gasteiger partial charge in [-0.15, -0.1) is 11.3 Å². The van der Waals surface area contributed by atoms with Crippen molar-refractivity contribution in [3.05, 3.63) is 35.0 Å². The number of hydrogen-bond acceptors (Lipinski definition) is 2. The zero-order chi connectivity index (χ0) is 13.3. The fourth-order valence-corrected chi connectivity index (χ4v) is 3.02. The molecule has 1 aromatic heterocycles. The average Bonchev–Trinajstić information content (AvgIpc) is 2.72. The van der Waals surface area contributed by atoms with E-state index in [1.807, 2.05) is 6.07 Å². The van der Waals surface area contributed by atoms with E-state index in [0.717, 1.165) is 4.70 Å². The second-order valence-electron chi connectivity index (χ2n) is 4.84. The molecule has 2 nitrogen and oxygen atoms in total. The second kappa shape index (κ2) is 5.06. The highest BCUT2D eigenvalue weighted by Crippen LogP contribution is 2.28. The van der Waals surface area contributed by atoms with Crippen LogP contribution < -0.4 is 0 Å². The lowest BCUT2D eigenvalue weighted by Crippen LogP contribution is -2.29. The van der Waals surface area contributed by atoms with Gasteiger partial charge >= 0.3 is 0 Å². The van der Waals surface area contributed by atoms with Gasteiger partial charge in [0.15, 0.2) is 0 Å². The van der Waals surface area contributed by atoms with Gasteiger partial charge in [0.25, 0.3) is 5.91 Å². The molecule has 0 aliphatic rings. The van der Waals surface area contributed by atoms with Gasteiger partial charge in [-0.05, 0) is 24.1 Å². The van der Waals surface area contributed by atoms with E-state index in [4.69, 9.17) is 0 Å². The number of carbonyl (C=O) groups is 1. The molecule has 0 aliphatic heterocycles. The predicted molar refractivity (Wildman–Crippen MR) is 73.6 cm³/mol. The number of thiophene rings is 1. The molecule has 0 saturated carbocycles. The maximum atomic E-state index is 13.6. The number of hydrogen-bond donors (Lipinski definition) is 0. The van der Waals surface area contributed by atoms with E-state index >= 15 is 0 Å². The highest BCUT2D eigenvalue weighted by molar-refractivity contribution is 7.20. The van der Waals surface area contributed by atoms with Crippen molar-refractivity contribution in [2.75, 3.05) is 13.6 Å². The molecule has 0 fully saturated rings. The minimum Gasteiger partial charge on any atom is -0.341 e. The Labute approximate surface area is 110 Å². The SMILES string of the molecule is CC(C)CN(C)C(=O)c1cc2c(F)cccc2s1. The second-order valence-corrected chi connectivity index (χ2v) is 5.93. The summed E-state index contributed by atoms with van der Waals surface area (Å²) in [5, 5.41) is 0.531. The molecular formula is C14H16FNOS. The molecule has 0 N–H and O–H groups in total. The Morgan fingerprint density at radius 3 is 2.78 bits per heavy atom. The Balaban J connectivity index is 2.31. The van der Waals surface area contributed by atoms with Crippen LogP contribution in [0.3, 0.4) is 0 Å². The van der Waals surface area contributed by atoms with Gasteiger partial charge in [-0.2, -0.15) is 0 Å². The molecule has 0 radical (unpaired) electrons. The third kappa shape index (κ3) is 2.53. The van der Waals surface area contributed by atoms with Crippen molar-refractivity contribution < 1.29 is 9.18 Å². The summed E-state index contributed by atoms with van der Waals surface area (Å²) < 4.78 is 14.4. The number of rotatable bonds is 3. The van der Waals surface area contributed by atoms with Crippen LogP contribution in [0.4, 0.5) is 4.39 Å². The smallest absolute Gasteiger partial charge is 0.263 e. The molecule has 0 unspecified atom stereocenters. The fraction of sp³-hybridized carbons (Fsp3) is 0.357. The van der Waals surface area contributed by atoms with Crippen LogP contribution in [0, 0.1) is 11.7 Å². The van der Waals surface area contributed by atoms with Crippen LogP contribution in [0.1, 0.15) is 23.5 Å². The van der Waals surface area contributed by atoms with Crippen LogP contribution in [0.5, 0.6) is 0 Å². The molecule has 0 atom stereocenters. The first-order valence-corrected chi connectivity index (χ1v) is 6.74. The Morgan fingerprint density at radius 2 is 2.17 bits per heavy atom. The van der Waals surface area contributed by atoms with Gasteiger partial charge in [0, 0.05) is 23.7 Å². The number of fused-ring (bicyclic) bond motifs is 1. The van der Waals surface area contributed by atoms with E-state index < -0.39 is 0 Å². The summed E-state index contributed by atoms with van der Waals surface area (Å²) in [5.41, 5.74) is 0. The number of nitrogens with zero attached hydrogens (tertiary/aromatic N) is 1. The van der Waals surface area contributed by atoms with E-state index in [1.54, 1.807) is 24.1 Å². The van der Waals surface area contributed by atoms with Crippen LogP contribution in [-0.4, -0.2) is 24.4 Å². The fourth-order valence-electron chi connectivity index (χ4n) is 1.95. The standard InChI is InChI=1S/C14H16FNOS/c1-9(2)8-16(3)14(17)13-7-10-11(15)5-4-6-12(10)18-13/h4-7,9H,8H2,1-3H3. The molecule has 0 saturated heterocycles. The molecule has 4 heteroatoms. The van der Waals surface area contributed by atoms with E-state index in [9.17, 15) is 9.18 Å². The predicted octanol–water partition coefficient (Wildman–Crippen LogP) is 3.77. The number of halogens is 1. The Kier molecular flexibility index (Phi) is 3.66. The van der Waals surface area contributed by atoms with E-state index in [1.165, 1.54) is 17.4 Å². The normalized spacial score (nSPS) is 11.2. The summed E-state index contributed by atoms with van der Waals surface area (Å²) in [4.78, 5) is 14.5. The van der Waals surface area contributed by atoms with Crippen molar-refractivity contribution in [3.8, 4) is 0 Å². The minimum atomic E-state index is -0.269. The van der Waals surface area contributed by atoms with Crippen LogP contribution in [0.25, 0.3) is 10.1 Å².